The van der Waals surface area contributed by atoms with Crippen LogP contribution in [0.25, 0.3) is 0 Å². The van der Waals surface area contributed by atoms with Gasteiger partial charge in [0.25, 0.3) is 0 Å². The molecule has 2 N–H and O–H groups in total. The molecule has 0 unspecified atom stereocenters. The zero-order valence-electron chi connectivity index (χ0n) is 11.3. The first kappa shape index (κ1) is 15.3. The highest BCUT2D eigenvalue weighted by Crippen LogP contribution is 2.29. The lowest BCUT2D eigenvalue weighted by molar-refractivity contribution is -0.153. The number of ether oxygens (including phenoxy) is 1. The van der Waals surface area contributed by atoms with Crippen LogP contribution in [0.15, 0.2) is 12.1 Å². The van der Waals surface area contributed by atoms with Gasteiger partial charge in [-0.15, -0.1) is 11.3 Å². The normalized spacial score (nSPS) is 24.4. The van der Waals surface area contributed by atoms with Crippen molar-refractivity contribution in [2.75, 3.05) is 13.1 Å². The SMILES string of the molecule is C[C@@H]1CN(C(=O)[C@H](C)c2ccc(Cl)s2)C[C@H](C(N)=O)O1. The number of halogens is 1. The van der Waals surface area contributed by atoms with E-state index in [1.807, 2.05) is 19.9 Å². The average molecular weight is 317 g/mol. The van der Waals surface area contributed by atoms with Crippen LogP contribution in [0.3, 0.4) is 0 Å². The number of morpholine rings is 1. The number of nitrogens with two attached hydrogens (primary N) is 1. The second-order valence-electron chi connectivity index (χ2n) is 4.94. The van der Waals surface area contributed by atoms with Gasteiger partial charge >= 0.3 is 0 Å². The molecule has 1 aromatic rings. The topological polar surface area (TPSA) is 72.6 Å². The number of thiophene rings is 1. The Bertz CT molecular complexity index is 519. The molecule has 2 heterocycles. The van der Waals surface area contributed by atoms with Crippen LogP contribution in [0.2, 0.25) is 4.34 Å². The maximum absolute atomic E-state index is 12.5. The van der Waals surface area contributed by atoms with Crippen molar-refractivity contribution in [3.05, 3.63) is 21.3 Å². The molecule has 0 aliphatic carbocycles. The zero-order chi connectivity index (χ0) is 14.9. The summed E-state index contributed by atoms with van der Waals surface area (Å²) in [5.41, 5.74) is 5.27. The van der Waals surface area contributed by atoms with Gasteiger partial charge in [0.15, 0.2) is 6.10 Å². The van der Waals surface area contributed by atoms with Crippen LogP contribution in [0, 0.1) is 0 Å². The predicted molar refractivity (Wildman–Crippen MR) is 77.9 cm³/mol. The second kappa shape index (κ2) is 6.11. The summed E-state index contributed by atoms with van der Waals surface area (Å²) in [6, 6.07) is 3.63. The molecular formula is C13H17ClN2O3S. The standard InChI is InChI=1S/C13H17ClN2O3S/c1-7-5-16(6-9(19-7)12(15)17)13(18)8(2)10-3-4-11(14)20-10/h3-4,7-9H,5-6H2,1-2H3,(H2,15,17)/t7-,8-,9-/m1/s1. The van der Waals surface area contributed by atoms with E-state index in [0.29, 0.717) is 10.9 Å². The summed E-state index contributed by atoms with van der Waals surface area (Å²) in [4.78, 5) is 26.3. The van der Waals surface area contributed by atoms with Gasteiger partial charge in [-0.3, -0.25) is 9.59 Å². The molecule has 2 rings (SSSR count). The van der Waals surface area contributed by atoms with Crippen LogP contribution in [-0.4, -0.2) is 42.0 Å². The summed E-state index contributed by atoms with van der Waals surface area (Å²) in [6.07, 6.45) is -0.939. The van der Waals surface area contributed by atoms with Crippen LogP contribution in [0.4, 0.5) is 0 Å². The van der Waals surface area contributed by atoms with Crippen LogP contribution < -0.4 is 5.73 Å². The molecule has 0 spiro atoms. The van der Waals surface area contributed by atoms with E-state index in [2.05, 4.69) is 0 Å². The molecule has 1 fully saturated rings. The first-order valence-corrected chi connectivity index (χ1v) is 7.56. The van der Waals surface area contributed by atoms with Crippen LogP contribution in [-0.2, 0) is 14.3 Å². The van der Waals surface area contributed by atoms with Crippen LogP contribution >= 0.6 is 22.9 Å². The molecule has 0 aromatic carbocycles. The van der Waals surface area contributed by atoms with E-state index in [-0.39, 0.29) is 24.5 Å². The molecule has 1 aromatic heterocycles. The Kier molecular flexibility index (Phi) is 4.67. The molecule has 1 aliphatic heterocycles. The molecule has 1 aliphatic rings. The summed E-state index contributed by atoms with van der Waals surface area (Å²) in [6.45, 7) is 4.33. The van der Waals surface area contributed by atoms with E-state index in [4.69, 9.17) is 22.1 Å². The maximum atomic E-state index is 12.5. The summed E-state index contributed by atoms with van der Waals surface area (Å²) >= 11 is 7.29. The highest BCUT2D eigenvalue weighted by atomic mass is 35.5. The van der Waals surface area contributed by atoms with E-state index >= 15 is 0 Å². The van der Waals surface area contributed by atoms with Crippen molar-refractivity contribution in [2.45, 2.75) is 32.0 Å². The molecule has 5 nitrogen and oxygen atoms in total. The molecule has 110 valence electrons. The van der Waals surface area contributed by atoms with Crippen molar-refractivity contribution < 1.29 is 14.3 Å². The smallest absolute Gasteiger partial charge is 0.248 e. The Morgan fingerprint density at radius 3 is 2.75 bits per heavy atom. The number of hydrogen-bond acceptors (Lipinski definition) is 4. The fraction of sp³-hybridized carbons (Fsp3) is 0.538. The van der Waals surface area contributed by atoms with Gasteiger partial charge in [-0.25, -0.2) is 0 Å². The lowest BCUT2D eigenvalue weighted by atomic mass is 10.1. The number of nitrogens with zero attached hydrogens (tertiary/aromatic N) is 1. The number of amides is 2. The molecular weight excluding hydrogens is 300 g/mol. The molecule has 0 radical (unpaired) electrons. The van der Waals surface area contributed by atoms with Gasteiger partial charge in [-0.05, 0) is 26.0 Å². The molecule has 0 saturated carbocycles. The summed E-state index contributed by atoms with van der Waals surface area (Å²) in [5.74, 6) is -0.864. The Hall–Kier alpha value is -1.11. The van der Waals surface area contributed by atoms with Crippen molar-refractivity contribution in [3.63, 3.8) is 0 Å². The van der Waals surface area contributed by atoms with E-state index in [1.54, 1.807) is 11.0 Å². The first-order valence-electron chi connectivity index (χ1n) is 6.37. The van der Waals surface area contributed by atoms with Crippen molar-refractivity contribution in [1.82, 2.24) is 4.90 Å². The van der Waals surface area contributed by atoms with Gasteiger partial charge in [0.1, 0.15) is 0 Å². The summed E-state index contributed by atoms with van der Waals surface area (Å²) in [7, 11) is 0. The van der Waals surface area contributed by atoms with Gasteiger partial charge in [-0.1, -0.05) is 11.6 Å². The number of hydrogen-bond donors (Lipinski definition) is 1. The Labute approximate surface area is 126 Å². The average Bonchev–Trinajstić information content (AvgIpc) is 2.83. The van der Waals surface area contributed by atoms with Gasteiger partial charge in [0.2, 0.25) is 11.8 Å². The minimum Gasteiger partial charge on any atom is -0.367 e. The number of carbonyl (C=O) groups is 2. The highest BCUT2D eigenvalue weighted by Gasteiger charge is 2.33. The summed E-state index contributed by atoms with van der Waals surface area (Å²) in [5, 5.41) is 0. The summed E-state index contributed by atoms with van der Waals surface area (Å²) < 4.78 is 6.09. The van der Waals surface area contributed by atoms with Crippen molar-refractivity contribution in [1.29, 1.82) is 0 Å². The van der Waals surface area contributed by atoms with E-state index in [0.717, 1.165) is 4.88 Å². The van der Waals surface area contributed by atoms with Gasteiger partial charge < -0.3 is 15.4 Å². The fourth-order valence-corrected chi connectivity index (χ4v) is 3.35. The van der Waals surface area contributed by atoms with Crippen LogP contribution in [0.5, 0.6) is 0 Å². The van der Waals surface area contributed by atoms with Gasteiger partial charge in [0, 0.05) is 11.4 Å². The third-order valence-electron chi connectivity index (χ3n) is 3.28. The highest BCUT2D eigenvalue weighted by molar-refractivity contribution is 7.16. The molecule has 1 saturated heterocycles. The maximum Gasteiger partial charge on any atom is 0.248 e. The van der Waals surface area contributed by atoms with E-state index < -0.39 is 12.0 Å². The quantitative estimate of drug-likeness (QED) is 0.920. The lowest BCUT2D eigenvalue weighted by Crippen LogP contribution is -2.54. The molecule has 20 heavy (non-hydrogen) atoms. The lowest BCUT2D eigenvalue weighted by Gasteiger charge is -2.36. The van der Waals surface area contributed by atoms with Crippen molar-refractivity contribution >= 4 is 34.8 Å². The third-order valence-corrected chi connectivity index (χ3v) is 4.69. The minimum absolute atomic E-state index is 0.0371. The molecule has 2 amide bonds. The number of carbonyl (C=O) groups excluding carboxylic acids is 2. The molecule has 3 atom stereocenters. The Balaban J connectivity index is 2.09. The largest absolute Gasteiger partial charge is 0.367 e. The monoisotopic (exact) mass is 316 g/mol. The number of rotatable bonds is 3. The number of primary amides is 1. The molecule has 7 heteroatoms. The predicted octanol–water partition coefficient (Wildman–Crippen LogP) is 1.61. The van der Waals surface area contributed by atoms with Gasteiger partial charge in [-0.2, -0.15) is 0 Å². The van der Waals surface area contributed by atoms with Gasteiger partial charge in [0.05, 0.1) is 22.9 Å². The minimum atomic E-state index is -0.734. The zero-order valence-corrected chi connectivity index (χ0v) is 12.9. The van der Waals surface area contributed by atoms with E-state index in [9.17, 15) is 9.59 Å². The fourth-order valence-electron chi connectivity index (χ4n) is 2.25. The second-order valence-corrected chi connectivity index (χ2v) is 6.69. The van der Waals surface area contributed by atoms with Crippen molar-refractivity contribution in [2.24, 2.45) is 5.73 Å². The Morgan fingerprint density at radius 2 is 2.20 bits per heavy atom. The third kappa shape index (κ3) is 3.31. The van der Waals surface area contributed by atoms with Crippen LogP contribution in [0.1, 0.15) is 24.6 Å². The van der Waals surface area contributed by atoms with E-state index in [1.165, 1.54) is 11.3 Å². The first-order chi connectivity index (χ1) is 9.38. The Morgan fingerprint density at radius 1 is 1.50 bits per heavy atom. The molecule has 0 bridgehead atoms. The van der Waals surface area contributed by atoms with Crippen molar-refractivity contribution in [3.8, 4) is 0 Å².